The van der Waals surface area contributed by atoms with Gasteiger partial charge in [-0.1, -0.05) is 19.1 Å². The SMILES string of the molecule is CCCNCc1ccc(NC(=O)c2ccc(F)cc2)cc1. The Labute approximate surface area is 124 Å². The van der Waals surface area contributed by atoms with E-state index in [1.165, 1.54) is 29.8 Å². The number of hydrogen-bond donors (Lipinski definition) is 2. The zero-order valence-corrected chi connectivity index (χ0v) is 12.0. The van der Waals surface area contributed by atoms with Gasteiger partial charge in [-0.25, -0.2) is 4.39 Å². The minimum absolute atomic E-state index is 0.244. The summed E-state index contributed by atoms with van der Waals surface area (Å²) in [5.41, 5.74) is 2.33. The van der Waals surface area contributed by atoms with Crippen molar-refractivity contribution in [2.24, 2.45) is 0 Å². The van der Waals surface area contributed by atoms with Crippen molar-refractivity contribution < 1.29 is 9.18 Å². The summed E-state index contributed by atoms with van der Waals surface area (Å²) in [6.07, 6.45) is 1.10. The molecule has 2 aromatic carbocycles. The van der Waals surface area contributed by atoms with Crippen molar-refractivity contribution >= 4 is 11.6 Å². The molecule has 0 bridgehead atoms. The number of halogens is 1. The van der Waals surface area contributed by atoms with Crippen molar-refractivity contribution in [2.75, 3.05) is 11.9 Å². The zero-order valence-electron chi connectivity index (χ0n) is 12.0. The minimum atomic E-state index is -0.351. The summed E-state index contributed by atoms with van der Waals surface area (Å²) < 4.78 is 12.8. The lowest BCUT2D eigenvalue weighted by Gasteiger charge is -2.07. The maximum Gasteiger partial charge on any atom is 0.255 e. The highest BCUT2D eigenvalue weighted by Gasteiger charge is 2.05. The van der Waals surface area contributed by atoms with Crippen molar-refractivity contribution in [1.82, 2.24) is 5.32 Å². The largest absolute Gasteiger partial charge is 0.322 e. The molecule has 0 aliphatic rings. The number of benzene rings is 2. The molecule has 0 radical (unpaired) electrons. The number of carbonyl (C=O) groups is 1. The third kappa shape index (κ3) is 4.68. The van der Waals surface area contributed by atoms with Crippen molar-refractivity contribution in [2.45, 2.75) is 19.9 Å². The van der Waals surface area contributed by atoms with Crippen molar-refractivity contribution in [3.05, 3.63) is 65.5 Å². The Morgan fingerprint density at radius 3 is 2.33 bits per heavy atom. The molecule has 0 saturated carbocycles. The Bertz CT molecular complexity index is 579. The molecule has 0 saturated heterocycles. The molecule has 0 spiro atoms. The van der Waals surface area contributed by atoms with Crippen LogP contribution in [0.25, 0.3) is 0 Å². The van der Waals surface area contributed by atoms with Gasteiger partial charge in [0, 0.05) is 17.8 Å². The monoisotopic (exact) mass is 286 g/mol. The molecule has 0 unspecified atom stereocenters. The fourth-order valence-electron chi connectivity index (χ4n) is 1.92. The molecule has 0 atom stereocenters. The Kier molecular flexibility index (Phi) is 5.46. The number of hydrogen-bond acceptors (Lipinski definition) is 2. The summed E-state index contributed by atoms with van der Waals surface area (Å²) in [6.45, 7) is 3.93. The highest BCUT2D eigenvalue weighted by atomic mass is 19.1. The molecule has 2 aromatic rings. The van der Waals surface area contributed by atoms with Gasteiger partial charge in [-0.15, -0.1) is 0 Å². The molecule has 0 aliphatic heterocycles. The normalized spacial score (nSPS) is 10.4. The highest BCUT2D eigenvalue weighted by molar-refractivity contribution is 6.04. The first-order valence-corrected chi connectivity index (χ1v) is 7.05. The predicted molar refractivity (Wildman–Crippen MR) is 82.8 cm³/mol. The van der Waals surface area contributed by atoms with Gasteiger partial charge in [0.05, 0.1) is 0 Å². The van der Waals surface area contributed by atoms with Crippen molar-refractivity contribution in [3.63, 3.8) is 0 Å². The van der Waals surface area contributed by atoms with Crippen LogP contribution in [0.3, 0.4) is 0 Å². The maximum absolute atomic E-state index is 12.8. The lowest BCUT2D eigenvalue weighted by Crippen LogP contribution is -2.14. The third-order valence-corrected chi connectivity index (χ3v) is 3.07. The van der Waals surface area contributed by atoms with Gasteiger partial charge in [-0.05, 0) is 54.9 Å². The predicted octanol–water partition coefficient (Wildman–Crippen LogP) is 3.58. The number of amides is 1. The number of anilines is 1. The van der Waals surface area contributed by atoms with Crippen LogP contribution >= 0.6 is 0 Å². The minimum Gasteiger partial charge on any atom is -0.322 e. The Morgan fingerprint density at radius 1 is 1.05 bits per heavy atom. The first-order valence-electron chi connectivity index (χ1n) is 7.05. The van der Waals surface area contributed by atoms with Crippen LogP contribution in [0.1, 0.15) is 29.3 Å². The lowest BCUT2D eigenvalue weighted by atomic mass is 10.1. The molecule has 0 aromatic heterocycles. The second-order valence-corrected chi connectivity index (χ2v) is 4.83. The first kappa shape index (κ1) is 15.2. The molecule has 0 heterocycles. The fraction of sp³-hybridized carbons (Fsp3) is 0.235. The van der Waals surface area contributed by atoms with Crippen molar-refractivity contribution in [3.8, 4) is 0 Å². The quantitative estimate of drug-likeness (QED) is 0.797. The number of rotatable bonds is 6. The van der Waals surface area contributed by atoms with E-state index in [0.717, 1.165) is 25.2 Å². The van der Waals surface area contributed by atoms with Gasteiger partial charge >= 0.3 is 0 Å². The van der Waals surface area contributed by atoms with Crippen LogP contribution in [0.2, 0.25) is 0 Å². The van der Waals surface area contributed by atoms with E-state index in [9.17, 15) is 9.18 Å². The molecule has 0 aliphatic carbocycles. The van der Waals surface area contributed by atoms with Crippen LogP contribution in [0.15, 0.2) is 48.5 Å². The van der Waals surface area contributed by atoms with Gasteiger partial charge in [0.2, 0.25) is 0 Å². The standard InChI is InChI=1S/C17H19FN2O/c1-2-11-19-12-13-3-9-16(10-4-13)20-17(21)14-5-7-15(18)8-6-14/h3-10,19H,2,11-12H2,1H3,(H,20,21). The molecule has 4 heteroatoms. The van der Waals surface area contributed by atoms with Crippen LogP contribution in [-0.2, 0) is 6.54 Å². The summed E-state index contributed by atoms with van der Waals surface area (Å²) in [5, 5.41) is 6.11. The molecular weight excluding hydrogens is 267 g/mol. The summed E-state index contributed by atoms with van der Waals surface area (Å²) in [7, 11) is 0. The summed E-state index contributed by atoms with van der Waals surface area (Å²) in [4.78, 5) is 12.0. The first-order chi connectivity index (χ1) is 10.2. The maximum atomic E-state index is 12.8. The average molecular weight is 286 g/mol. The molecular formula is C17H19FN2O. The second kappa shape index (κ2) is 7.55. The fourth-order valence-corrected chi connectivity index (χ4v) is 1.92. The Balaban J connectivity index is 1.93. The van der Waals surface area contributed by atoms with E-state index < -0.39 is 0 Å². The molecule has 1 amide bonds. The number of carbonyl (C=O) groups excluding carboxylic acids is 1. The van der Waals surface area contributed by atoms with E-state index >= 15 is 0 Å². The van der Waals surface area contributed by atoms with Gasteiger partial charge in [-0.3, -0.25) is 4.79 Å². The second-order valence-electron chi connectivity index (χ2n) is 4.83. The van der Waals surface area contributed by atoms with Crippen LogP contribution in [0.4, 0.5) is 10.1 Å². The van der Waals surface area contributed by atoms with Gasteiger partial charge < -0.3 is 10.6 Å². The van der Waals surface area contributed by atoms with E-state index in [4.69, 9.17) is 0 Å². The molecule has 3 nitrogen and oxygen atoms in total. The van der Waals surface area contributed by atoms with Crippen LogP contribution in [0.5, 0.6) is 0 Å². The van der Waals surface area contributed by atoms with Crippen LogP contribution in [0, 0.1) is 5.82 Å². The Morgan fingerprint density at radius 2 is 1.71 bits per heavy atom. The summed E-state index contributed by atoms with van der Waals surface area (Å²) in [5.74, 6) is -0.595. The van der Waals surface area contributed by atoms with E-state index in [1.807, 2.05) is 24.3 Å². The highest BCUT2D eigenvalue weighted by Crippen LogP contribution is 2.12. The Hall–Kier alpha value is -2.20. The topological polar surface area (TPSA) is 41.1 Å². The molecule has 0 fully saturated rings. The van der Waals surface area contributed by atoms with Crippen molar-refractivity contribution in [1.29, 1.82) is 0 Å². The third-order valence-electron chi connectivity index (χ3n) is 3.07. The van der Waals surface area contributed by atoms with Gasteiger partial charge in [0.1, 0.15) is 5.82 Å². The van der Waals surface area contributed by atoms with Gasteiger partial charge in [0.15, 0.2) is 0 Å². The van der Waals surface area contributed by atoms with Gasteiger partial charge in [-0.2, -0.15) is 0 Å². The van der Waals surface area contributed by atoms with E-state index in [1.54, 1.807) is 0 Å². The lowest BCUT2D eigenvalue weighted by molar-refractivity contribution is 0.102. The molecule has 2 rings (SSSR count). The molecule has 110 valence electrons. The van der Waals surface area contributed by atoms with E-state index in [2.05, 4.69) is 17.6 Å². The van der Waals surface area contributed by atoms with E-state index in [-0.39, 0.29) is 11.7 Å². The van der Waals surface area contributed by atoms with Crippen LogP contribution in [-0.4, -0.2) is 12.5 Å². The summed E-state index contributed by atoms with van der Waals surface area (Å²) in [6, 6.07) is 13.2. The van der Waals surface area contributed by atoms with E-state index in [0.29, 0.717) is 5.56 Å². The number of nitrogens with one attached hydrogen (secondary N) is 2. The average Bonchev–Trinajstić information content (AvgIpc) is 2.50. The van der Waals surface area contributed by atoms with Gasteiger partial charge in [0.25, 0.3) is 5.91 Å². The van der Waals surface area contributed by atoms with Crippen LogP contribution < -0.4 is 10.6 Å². The molecule has 21 heavy (non-hydrogen) atoms. The smallest absolute Gasteiger partial charge is 0.255 e. The zero-order chi connectivity index (χ0) is 15.1. The molecule has 2 N–H and O–H groups in total. The summed E-state index contributed by atoms with van der Waals surface area (Å²) >= 11 is 0.